The van der Waals surface area contributed by atoms with Gasteiger partial charge in [0.05, 0.1) is 12.9 Å². The maximum atomic E-state index is 12.0. The third-order valence-corrected chi connectivity index (χ3v) is 3.45. The van der Waals surface area contributed by atoms with Gasteiger partial charge >= 0.3 is 5.97 Å². The lowest BCUT2D eigenvalue weighted by Gasteiger charge is -2.17. The van der Waals surface area contributed by atoms with E-state index in [9.17, 15) is 13.2 Å². The zero-order chi connectivity index (χ0) is 15.7. The summed E-state index contributed by atoms with van der Waals surface area (Å²) in [6.07, 6.45) is 1.70. The van der Waals surface area contributed by atoms with Crippen molar-refractivity contribution in [2.75, 3.05) is 26.0 Å². The van der Waals surface area contributed by atoms with Crippen molar-refractivity contribution in [3.8, 4) is 0 Å². The van der Waals surface area contributed by atoms with E-state index < -0.39 is 16.1 Å². The SMILES string of the molecule is CCOC(=O)C(NCCCNS(C)(=O)=O)c1ccccc1. The van der Waals surface area contributed by atoms with Crippen LogP contribution in [0.4, 0.5) is 0 Å². The molecule has 6 nitrogen and oxygen atoms in total. The van der Waals surface area contributed by atoms with Crippen LogP contribution in [0.1, 0.15) is 24.9 Å². The van der Waals surface area contributed by atoms with Gasteiger partial charge in [-0.15, -0.1) is 0 Å². The fourth-order valence-electron chi connectivity index (χ4n) is 1.80. The van der Waals surface area contributed by atoms with Crippen LogP contribution in [0.3, 0.4) is 0 Å². The summed E-state index contributed by atoms with van der Waals surface area (Å²) in [7, 11) is -3.17. The van der Waals surface area contributed by atoms with E-state index in [0.717, 1.165) is 11.8 Å². The summed E-state index contributed by atoms with van der Waals surface area (Å²) in [5.41, 5.74) is 0.826. The number of carbonyl (C=O) groups excluding carboxylic acids is 1. The molecule has 21 heavy (non-hydrogen) atoms. The summed E-state index contributed by atoms with van der Waals surface area (Å²) in [5.74, 6) is -0.334. The van der Waals surface area contributed by atoms with Crippen LogP contribution in [0.2, 0.25) is 0 Å². The van der Waals surface area contributed by atoms with Crippen molar-refractivity contribution in [3.63, 3.8) is 0 Å². The maximum Gasteiger partial charge on any atom is 0.327 e. The summed E-state index contributed by atoms with van der Waals surface area (Å²) < 4.78 is 29.3. The van der Waals surface area contributed by atoms with Crippen LogP contribution in [0.25, 0.3) is 0 Å². The Kier molecular flexibility index (Phi) is 7.35. The molecule has 0 saturated carbocycles. The molecule has 0 saturated heterocycles. The maximum absolute atomic E-state index is 12.0. The van der Waals surface area contributed by atoms with Gasteiger partial charge in [0.15, 0.2) is 0 Å². The van der Waals surface area contributed by atoms with Gasteiger partial charge in [0, 0.05) is 6.54 Å². The first kappa shape index (κ1) is 17.6. The van der Waals surface area contributed by atoms with Gasteiger partial charge < -0.3 is 10.1 Å². The Bertz CT molecular complexity index is 531. The van der Waals surface area contributed by atoms with Crippen LogP contribution in [0, 0.1) is 0 Å². The molecule has 1 unspecified atom stereocenters. The Hall–Kier alpha value is -1.44. The number of rotatable bonds is 9. The Morgan fingerprint density at radius 2 is 1.90 bits per heavy atom. The Morgan fingerprint density at radius 1 is 1.24 bits per heavy atom. The second-order valence-electron chi connectivity index (χ2n) is 4.57. The smallest absolute Gasteiger partial charge is 0.327 e. The molecule has 0 spiro atoms. The zero-order valence-corrected chi connectivity index (χ0v) is 13.2. The first-order chi connectivity index (χ1) is 9.94. The molecule has 1 rings (SSSR count). The number of benzene rings is 1. The third-order valence-electron chi connectivity index (χ3n) is 2.72. The van der Waals surface area contributed by atoms with E-state index in [1.165, 1.54) is 0 Å². The number of ether oxygens (including phenoxy) is 1. The van der Waals surface area contributed by atoms with Crippen molar-refractivity contribution in [2.45, 2.75) is 19.4 Å². The Labute approximate surface area is 125 Å². The van der Waals surface area contributed by atoms with Gasteiger partial charge in [0.25, 0.3) is 0 Å². The predicted molar refractivity (Wildman–Crippen MR) is 81.3 cm³/mol. The lowest BCUT2D eigenvalue weighted by Crippen LogP contribution is -2.33. The number of hydrogen-bond donors (Lipinski definition) is 2. The number of nitrogens with one attached hydrogen (secondary N) is 2. The summed E-state index contributed by atoms with van der Waals surface area (Å²) in [4.78, 5) is 12.0. The van der Waals surface area contributed by atoms with E-state index in [1.807, 2.05) is 30.3 Å². The van der Waals surface area contributed by atoms with Crippen molar-refractivity contribution < 1.29 is 17.9 Å². The van der Waals surface area contributed by atoms with Gasteiger partial charge in [0.1, 0.15) is 6.04 Å². The van der Waals surface area contributed by atoms with Gasteiger partial charge in [-0.25, -0.2) is 17.9 Å². The van der Waals surface area contributed by atoms with E-state index in [4.69, 9.17) is 4.74 Å². The fourth-order valence-corrected chi connectivity index (χ4v) is 2.32. The summed E-state index contributed by atoms with van der Waals surface area (Å²) in [5, 5.41) is 3.10. The highest BCUT2D eigenvalue weighted by Crippen LogP contribution is 2.14. The highest BCUT2D eigenvalue weighted by molar-refractivity contribution is 7.88. The van der Waals surface area contributed by atoms with Gasteiger partial charge in [-0.1, -0.05) is 30.3 Å². The highest BCUT2D eigenvalue weighted by atomic mass is 32.2. The van der Waals surface area contributed by atoms with Crippen LogP contribution in [-0.4, -0.2) is 40.3 Å². The average Bonchev–Trinajstić information content (AvgIpc) is 2.42. The molecule has 0 radical (unpaired) electrons. The molecule has 0 amide bonds. The zero-order valence-electron chi connectivity index (χ0n) is 12.3. The van der Waals surface area contributed by atoms with Crippen LogP contribution >= 0.6 is 0 Å². The first-order valence-corrected chi connectivity index (χ1v) is 8.72. The van der Waals surface area contributed by atoms with Crippen LogP contribution < -0.4 is 10.0 Å². The third kappa shape index (κ3) is 7.22. The van der Waals surface area contributed by atoms with Crippen molar-refractivity contribution in [1.29, 1.82) is 0 Å². The second kappa shape index (κ2) is 8.76. The minimum absolute atomic E-state index is 0.319. The van der Waals surface area contributed by atoms with Gasteiger partial charge in [-0.3, -0.25) is 0 Å². The van der Waals surface area contributed by atoms with Crippen LogP contribution in [-0.2, 0) is 19.6 Å². The van der Waals surface area contributed by atoms with Crippen LogP contribution in [0.15, 0.2) is 30.3 Å². The molecular formula is C14H22N2O4S. The molecule has 118 valence electrons. The predicted octanol–water partition coefficient (Wildman–Crippen LogP) is 0.820. The molecule has 7 heteroatoms. The second-order valence-corrected chi connectivity index (χ2v) is 6.40. The lowest BCUT2D eigenvalue weighted by atomic mass is 10.1. The molecule has 1 aromatic carbocycles. The molecule has 0 bridgehead atoms. The largest absolute Gasteiger partial charge is 0.465 e. The molecule has 0 heterocycles. The van der Waals surface area contributed by atoms with E-state index in [0.29, 0.717) is 26.1 Å². The molecule has 0 fully saturated rings. The molecule has 1 aromatic rings. The molecule has 1 atom stereocenters. The normalized spacial score (nSPS) is 12.9. The first-order valence-electron chi connectivity index (χ1n) is 6.83. The minimum atomic E-state index is -3.17. The minimum Gasteiger partial charge on any atom is -0.465 e. The number of sulfonamides is 1. The standard InChI is InChI=1S/C14H22N2O4S/c1-3-20-14(17)13(12-8-5-4-6-9-12)15-10-7-11-16-21(2,18)19/h4-6,8-9,13,15-16H,3,7,10-11H2,1-2H3. The van der Waals surface area contributed by atoms with Gasteiger partial charge in [-0.05, 0) is 25.5 Å². The summed E-state index contributed by atoms with van der Waals surface area (Å²) in [6.45, 7) is 2.91. The molecule has 0 aliphatic rings. The van der Waals surface area contributed by atoms with Crippen molar-refractivity contribution in [2.24, 2.45) is 0 Å². The molecule has 2 N–H and O–H groups in total. The molecule has 0 aliphatic heterocycles. The van der Waals surface area contributed by atoms with E-state index in [2.05, 4.69) is 10.0 Å². The van der Waals surface area contributed by atoms with Gasteiger partial charge in [-0.2, -0.15) is 0 Å². The number of carbonyl (C=O) groups is 1. The van der Waals surface area contributed by atoms with Crippen molar-refractivity contribution in [1.82, 2.24) is 10.0 Å². The van der Waals surface area contributed by atoms with Gasteiger partial charge in [0.2, 0.25) is 10.0 Å². The van der Waals surface area contributed by atoms with E-state index in [-0.39, 0.29) is 5.97 Å². The van der Waals surface area contributed by atoms with E-state index >= 15 is 0 Å². The fraction of sp³-hybridized carbons (Fsp3) is 0.500. The van der Waals surface area contributed by atoms with E-state index in [1.54, 1.807) is 6.92 Å². The highest BCUT2D eigenvalue weighted by Gasteiger charge is 2.20. The number of esters is 1. The van der Waals surface area contributed by atoms with Crippen LogP contribution in [0.5, 0.6) is 0 Å². The number of hydrogen-bond acceptors (Lipinski definition) is 5. The molecule has 0 aromatic heterocycles. The van der Waals surface area contributed by atoms with Crippen molar-refractivity contribution in [3.05, 3.63) is 35.9 Å². The monoisotopic (exact) mass is 314 g/mol. The summed E-state index contributed by atoms with van der Waals surface area (Å²) in [6, 6.07) is 8.75. The lowest BCUT2D eigenvalue weighted by molar-refractivity contribution is -0.145. The molecular weight excluding hydrogens is 292 g/mol. The Morgan fingerprint density at radius 3 is 2.48 bits per heavy atom. The Balaban J connectivity index is 2.53. The quantitative estimate of drug-likeness (QED) is 0.521. The topological polar surface area (TPSA) is 84.5 Å². The molecule has 0 aliphatic carbocycles. The summed E-state index contributed by atoms with van der Waals surface area (Å²) >= 11 is 0. The van der Waals surface area contributed by atoms with Crippen molar-refractivity contribution >= 4 is 16.0 Å². The average molecular weight is 314 g/mol.